The molecular formula is C11H21NO2S. The Morgan fingerprint density at radius 1 is 1.67 bits per heavy atom. The number of carbonyl (C=O) groups is 1. The van der Waals surface area contributed by atoms with Crippen LogP contribution in [-0.4, -0.2) is 49.6 Å². The minimum absolute atomic E-state index is 0.0349. The van der Waals surface area contributed by atoms with Crippen LogP contribution in [0.4, 0.5) is 0 Å². The predicted octanol–water partition coefficient (Wildman–Crippen LogP) is 1.48. The average molecular weight is 231 g/mol. The van der Waals surface area contributed by atoms with E-state index in [-0.39, 0.29) is 11.9 Å². The van der Waals surface area contributed by atoms with Crippen molar-refractivity contribution in [2.45, 2.75) is 13.3 Å². The first-order valence-corrected chi connectivity index (χ1v) is 6.91. The van der Waals surface area contributed by atoms with E-state index in [4.69, 9.17) is 4.74 Å². The number of carbonyl (C=O) groups excluding carboxylic acids is 1. The maximum absolute atomic E-state index is 11.6. The molecule has 0 aromatic heterocycles. The molecule has 1 aliphatic heterocycles. The number of likely N-dealkylation sites (tertiary alicyclic amines) is 1. The monoisotopic (exact) mass is 231 g/mol. The fourth-order valence-electron chi connectivity index (χ4n) is 2.21. The van der Waals surface area contributed by atoms with Crippen molar-refractivity contribution in [3.63, 3.8) is 0 Å². The lowest BCUT2D eigenvalue weighted by atomic mass is 9.93. The van der Waals surface area contributed by atoms with Gasteiger partial charge >= 0.3 is 5.97 Å². The van der Waals surface area contributed by atoms with E-state index < -0.39 is 0 Å². The Bertz CT molecular complexity index is 211. The lowest BCUT2D eigenvalue weighted by Gasteiger charge is -2.20. The minimum Gasteiger partial charge on any atom is -0.469 e. The van der Waals surface area contributed by atoms with Gasteiger partial charge in [-0.3, -0.25) is 4.79 Å². The molecule has 1 heterocycles. The van der Waals surface area contributed by atoms with E-state index in [1.165, 1.54) is 7.11 Å². The third kappa shape index (κ3) is 3.38. The van der Waals surface area contributed by atoms with Crippen LogP contribution in [0.1, 0.15) is 13.3 Å². The smallest absolute Gasteiger partial charge is 0.309 e. The molecule has 1 fully saturated rings. The van der Waals surface area contributed by atoms with Crippen molar-refractivity contribution in [2.24, 2.45) is 11.8 Å². The maximum Gasteiger partial charge on any atom is 0.309 e. The van der Waals surface area contributed by atoms with Gasteiger partial charge in [-0.15, -0.1) is 0 Å². The second-order valence-corrected chi connectivity index (χ2v) is 4.94. The molecule has 2 atom stereocenters. The van der Waals surface area contributed by atoms with E-state index in [2.05, 4.69) is 11.8 Å². The molecule has 0 aromatic carbocycles. The second-order valence-electron chi connectivity index (χ2n) is 4.03. The molecule has 15 heavy (non-hydrogen) atoms. The molecular weight excluding hydrogens is 210 g/mol. The van der Waals surface area contributed by atoms with Crippen LogP contribution in [0.3, 0.4) is 0 Å². The van der Waals surface area contributed by atoms with Crippen molar-refractivity contribution in [2.75, 3.05) is 38.8 Å². The van der Waals surface area contributed by atoms with Gasteiger partial charge in [0, 0.05) is 12.3 Å². The summed E-state index contributed by atoms with van der Waals surface area (Å²) in [5.41, 5.74) is 0. The zero-order chi connectivity index (χ0) is 11.3. The Hall–Kier alpha value is -0.220. The summed E-state index contributed by atoms with van der Waals surface area (Å²) in [6, 6.07) is 0. The number of hydrogen-bond donors (Lipinski definition) is 0. The lowest BCUT2D eigenvalue weighted by molar-refractivity contribution is -0.146. The molecule has 1 rings (SSSR count). The number of nitrogens with zero attached hydrogens (tertiary/aromatic N) is 1. The van der Waals surface area contributed by atoms with E-state index in [0.717, 1.165) is 31.8 Å². The number of methoxy groups -OCH3 is 1. The summed E-state index contributed by atoms with van der Waals surface area (Å²) in [7, 11) is 1.49. The van der Waals surface area contributed by atoms with Crippen LogP contribution < -0.4 is 0 Å². The minimum atomic E-state index is -0.0349. The molecule has 0 aromatic rings. The zero-order valence-electron chi connectivity index (χ0n) is 9.86. The van der Waals surface area contributed by atoms with Gasteiger partial charge in [0.25, 0.3) is 0 Å². The zero-order valence-corrected chi connectivity index (χ0v) is 10.7. The SMILES string of the molecule is CCN1CCC(C(CSC)C(=O)OC)C1. The van der Waals surface area contributed by atoms with Crippen molar-refractivity contribution >= 4 is 17.7 Å². The van der Waals surface area contributed by atoms with Crippen molar-refractivity contribution in [3.05, 3.63) is 0 Å². The molecule has 3 nitrogen and oxygen atoms in total. The summed E-state index contributed by atoms with van der Waals surface area (Å²) in [5, 5.41) is 0. The molecule has 88 valence electrons. The normalized spacial score (nSPS) is 24.1. The maximum atomic E-state index is 11.6. The highest BCUT2D eigenvalue weighted by Crippen LogP contribution is 2.27. The Balaban J connectivity index is 2.53. The lowest BCUT2D eigenvalue weighted by Crippen LogP contribution is -2.30. The molecule has 0 N–H and O–H groups in total. The van der Waals surface area contributed by atoms with E-state index in [9.17, 15) is 4.79 Å². The highest BCUT2D eigenvalue weighted by Gasteiger charge is 2.33. The van der Waals surface area contributed by atoms with Gasteiger partial charge in [0.2, 0.25) is 0 Å². The van der Waals surface area contributed by atoms with Gasteiger partial charge in [0.15, 0.2) is 0 Å². The predicted molar refractivity (Wildman–Crippen MR) is 64.1 cm³/mol. The fraction of sp³-hybridized carbons (Fsp3) is 0.909. The molecule has 0 aliphatic carbocycles. The van der Waals surface area contributed by atoms with Gasteiger partial charge < -0.3 is 9.64 Å². The standard InChI is InChI=1S/C11H21NO2S/c1-4-12-6-5-9(7-12)10(8-15-3)11(13)14-2/h9-10H,4-8H2,1-3H3. The highest BCUT2D eigenvalue weighted by atomic mass is 32.2. The van der Waals surface area contributed by atoms with Crippen LogP contribution in [0.15, 0.2) is 0 Å². The van der Waals surface area contributed by atoms with Crippen molar-refractivity contribution < 1.29 is 9.53 Å². The molecule has 0 radical (unpaired) electrons. The van der Waals surface area contributed by atoms with E-state index in [1.54, 1.807) is 11.8 Å². The van der Waals surface area contributed by atoms with Crippen LogP contribution >= 0.6 is 11.8 Å². The average Bonchev–Trinajstić information content (AvgIpc) is 2.73. The summed E-state index contributed by atoms with van der Waals surface area (Å²) < 4.78 is 4.88. The highest BCUT2D eigenvalue weighted by molar-refractivity contribution is 7.98. The molecule has 0 saturated carbocycles. The van der Waals surface area contributed by atoms with Crippen molar-refractivity contribution in [1.29, 1.82) is 0 Å². The second kappa shape index (κ2) is 6.38. The third-order valence-electron chi connectivity index (χ3n) is 3.18. The van der Waals surface area contributed by atoms with Crippen LogP contribution in [0.25, 0.3) is 0 Å². The van der Waals surface area contributed by atoms with Gasteiger partial charge in [-0.05, 0) is 31.7 Å². The van der Waals surface area contributed by atoms with Crippen LogP contribution in [0.5, 0.6) is 0 Å². The summed E-state index contributed by atoms with van der Waals surface area (Å²) in [6.45, 7) is 5.44. The Morgan fingerprint density at radius 2 is 2.40 bits per heavy atom. The Morgan fingerprint density at radius 3 is 2.87 bits per heavy atom. The summed E-state index contributed by atoms with van der Waals surface area (Å²) in [5.74, 6) is 1.42. The summed E-state index contributed by atoms with van der Waals surface area (Å²) >= 11 is 1.73. The number of rotatable bonds is 5. The Kier molecular flexibility index (Phi) is 5.47. The van der Waals surface area contributed by atoms with Crippen LogP contribution in [0.2, 0.25) is 0 Å². The van der Waals surface area contributed by atoms with Gasteiger partial charge in [-0.2, -0.15) is 11.8 Å². The fourth-order valence-corrected chi connectivity index (χ4v) is 2.97. The quantitative estimate of drug-likeness (QED) is 0.670. The summed E-state index contributed by atoms with van der Waals surface area (Å²) in [4.78, 5) is 14.0. The first kappa shape index (κ1) is 12.8. The van der Waals surface area contributed by atoms with E-state index >= 15 is 0 Å². The molecule has 4 heteroatoms. The van der Waals surface area contributed by atoms with Gasteiger partial charge in [-0.25, -0.2) is 0 Å². The molecule has 1 saturated heterocycles. The first-order valence-electron chi connectivity index (χ1n) is 5.52. The van der Waals surface area contributed by atoms with Crippen molar-refractivity contribution in [1.82, 2.24) is 4.90 Å². The summed E-state index contributed by atoms with van der Waals surface area (Å²) in [6.07, 6.45) is 3.18. The topological polar surface area (TPSA) is 29.5 Å². The Labute approximate surface area is 96.5 Å². The number of esters is 1. The molecule has 0 spiro atoms. The third-order valence-corrected chi connectivity index (χ3v) is 3.87. The molecule has 1 aliphatic rings. The van der Waals surface area contributed by atoms with Gasteiger partial charge in [-0.1, -0.05) is 6.92 Å². The van der Waals surface area contributed by atoms with Crippen LogP contribution in [0, 0.1) is 11.8 Å². The van der Waals surface area contributed by atoms with Gasteiger partial charge in [0.1, 0.15) is 0 Å². The number of ether oxygens (including phenoxy) is 1. The van der Waals surface area contributed by atoms with Crippen LogP contribution in [-0.2, 0) is 9.53 Å². The first-order chi connectivity index (χ1) is 7.22. The van der Waals surface area contributed by atoms with Crippen molar-refractivity contribution in [3.8, 4) is 0 Å². The van der Waals surface area contributed by atoms with Gasteiger partial charge in [0.05, 0.1) is 13.0 Å². The number of hydrogen-bond acceptors (Lipinski definition) is 4. The van der Waals surface area contributed by atoms with E-state index in [0.29, 0.717) is 5.92 Å². The largest absolute Gasteiger partial charge is 0.469 e. The molecule has 0 amide bonds. The molecule has 0 bridgehead atoms. The van der Waals surface area contributed by atoms with E-state index in [1.807, 2.05) is 6.26 Å². The molecule has 2 unspecified atom stereocenters. The number of thioether (sulfide) groups is 1.